The predicted molar refractivity (Wildman–Crippen MR) is 76.9 cm³/mol. The quantitative estimate of drug-likeness (QED) is 0.866. The van der Waals surface area contributed by atoms with Crippen molar-refractivity contribution in [3.05, 3.63) is 29.8 Å². The van der Waals surface area contributed by atoms with E-state index >= 15 is 0 Å². The molecule has 1 rings (SSSR count). The van der Waals surface area contributed by atoms with Crippen molar-refractivity contribution in [1.82, 2.24) is 4.90 Å². The summed E-state index contributed by atoms with van der Waals surface area (Å²) in [4.78, 5) is 2.34. The van der Waals surface area contributed by atoms with Crippen LogP contribution in [0.15, 0.2) is 29.2 Å². The first-order valence-electron chi connectivity index (χ1n) is 6.42. The number of sulfone groups is 1. The van der Waals surface area contributed by atoms with Gasteiger partial charge in [0, 0.05) is 12.6 Å². The normalized spacial score (nSPS) is 14.1. The van der Waals surface area contributed by atoms with Crippen molar-refractivity contribution >= 4 is 9.84 Å². The molecule has 4 nitrogen and oxygen atoms in total. The van der Waals surface area contributed by atoms with Gasteiger partial charge in [-0.3, -0.25) is 0 Å². The summed E-state index contributed by atoms with van der Waals surface area (Å²) >= 11 is 0. The van der Waals surface area contributed by atoms with Crippen LogP contribution < -0.4 is 0 Å². The summed E-state index contributed by atoms with van der Waals surface area (Å²) in [5.74, 6) is 0. The Morgan fingerprint density at radius 3 is 2.37 bits per heavy atom. The zero-order chi connectivity index (χ0) is 14.6. The van der Waals surface area contributed by atoms with Crippen LogP contribution in [0.2, 0.25) is 0 Å². The average Bonchev–Trinajstić information content (AvgIpc) is 2.35. The van der Waals surface area contributed by atoms with E-state index in [1.807, 2.05) is 25.1 Å². The van der Waals surface area contributed by atoms with Gasteiger partial charge in [0.2, 0.25) is 0 Å². The maximum atomic E-state index is 12.2. The number of aliphatic hydroxyl groups excluding tert-OH is 1. The first-order chi connectivity index (χ1) is 8.80. The molecule has 0 saturated heterocycles. The van der Waals surface area contributed by atoms with Gasteiger partial charge >= 0.3 is 0 Å². The fourth-order valence-electron chi connectivity index (χ4n) is 2.02. The monoisotopic (exact) mass is 285 g/mol. The summed E-state index contributed by atoms with van der Waals surface area (Å²) in [5, 5.41) is 8.69. The van der Waals surface area contributed by atoms with Crippen molar-refractivity contribution in [3.63, 3.8) is 0 Å². The lowest BCUT2D eigenvalue weighted by Gasteiger charge is -2.24. The highest BCUT2D eigenvalue weighted by Gasteiger charge is 2.21. The van der Waals surface area contributed by atoms with E-state index in [4.69, 9.17) is 5.11 Å². The SMILES string of the molecule is CC(C)S(=O)(=O)c1cccc(C(CCO)N(C)C)c1. The highest BCUT2D eigenvalue weighted by Crippen LogP contribution is 2.25. The molecule has 0 heterocycles. The fraction of sp³-hybridized carbons (Fsp3) is 0.571. The Morgan fingerprint density at radius 2 is 1.89 bits per heavy atom. The van der Waals surface area contributed by atoms with Crippen LogP contribution in [0.3, 0.4) is 0 Å². The molecule has 0 aliphatic carbocycles. The molecule has 1 aromatic carbocycles. The van der Waals surface area contributed by atoms with Gasteiger partial charge in [-0.2, -0.15) is 0 Å². The molecule has 1 aromatic rings. The van der Waals surface area contributed by atoms with E-state index in [1.165, 1.54) is 0 Å². The molecule has 5 heteroatoms. The number of hydrogen-bond acceptors (Lipinski definition) is 4. The minimum absolute atomic E-state index is 0.0207. The molecule has 0 radical (unpaired) electrons. The predicted octanol–water partition coefficient (Wildman–Crippen LogP) is 1.85. The van der Waals surface area contributed by atoms with Gasteiger partial charge in [-0.25, -0.2) is 8.42 Å². The largest absolute Gasteiger partial charge is 0.396 e. The number of aliphatic hydroxyl groups is 1. The summed E-state index contributed by atoms with van der Waals surface area (Å²) < 4.78 is 24.3. The van der Waals surface area contributed by atoms with E-state index in [1.54, 1.807) is 32.0 Å². The topological polar surface area (TPSA) is 57.6 Å². The van der Waals surface area contributed by atoms with Crippen molar-refractivity contribution in [3.8, 4) is 0 Å². The van der Waals surface area contributed by atoms with Crippen LogP contribution in [0.5, 0.6) is 0 Å². The summed E-state index contributed by atoms with van der Waals surface area (Å²) in [6, 6.07) is 7.03. The van der Waals surface area contributed by atoms with E-state index in [9.17, 15) is 8.42 Å². The number of rotatable bonds is 6. The summed E-state index contributed by atoms with van der Waals surface area (Å²) in [7, 11) is 0.587. The number of benzene rings is 1. The number of hydrogen-bond donors (Lipinski definition) is 1. The van der Waals surface area contributed by atoms with Crippen molar-refractivity contribution in [2.24, 2.45) is 0 Å². The van der Waals surface area contributed by atoms with Gasteiger partial charge in [-0.1, -0.05) is 12.1 Å². The molecule has 0 aliphatic rings. The lowest BCUT2D eigenvalue weighted by Crippen LogP contribution is -2.22. The molecule has 0 aromatic heterocycles. The second kappa shape index (κ2) is 6.50. The van der Waals surface area contributed by atoms with Crippen LogP contribution in [-0.2, 0) is 9.84 Å². The lowest BCUT2D eigenvalue weighted by atomic mass is 10.0. The summed E-state index contributed by atoms with van der Waals surface area (Å²) in [5.41, 5.74) is 0.917. The molecule has 0 spiro atoms. The average molecular weight is 285 g/mol. The Labute approximate surface area is 116 Å². The summed E-state index contributed by atoms with van der Waals surface area (Å²) in [6.07, 6.45) is 0.582. The first kappa shape index (κ1) is 16.1. The van der Waals surface area contributed by atoms with E-state index < -0.39 is 15.1 Å². The third kappa shape index (κ3) is 3.78. The maximum absolute atomic E-state index is 12.2. The smallest absolute Gasteiger partial charge is 0.180 e. The molecule has 0 bridgehead atoms. The highest BCUT2D eigenvalue weighted by molar-refractivity contribution is 7.92. The van der Waals surface area contributed by atoms with Gasteiger partial charge < -0.3 is 10.0 Å². The molecule has 0 amide bonds. The molecular formula is C14H23NO3S. The minimum atomic E-state index is -3.25. The van der Waals surface area contributed by atoms with Gasteiger partial charge in [-0.05, 0) is 52.1 Å². The van der Waals surface area contributed by atoms with Crippen LogP contribution in [0.4, 0.5) is 0 Å². The third-order valence-corrected chi connectivity index (χ3v) is 5.37. The number of nitrogens with zero attached hydrogens (tertiary/aromatic N) is 1. The Morgan fingerprint density at radius 1 is 1.26 bits per heavy atom. The zero-order valence-electron chi connectivity index (χ0n) is 12.0. The molecule has 1 N–H and O–H groups in total. The van der Waals surface area contributed by atoms with Crippen LogP contribution in [0.1, 0.15) is 31.9 Å². The minimum Gasteiger partial charge on any atom is -0.396 e. The Kier molecular flexibility index (Phi) is 5.52. The maximum Gasteiger partial charge on any atom is 0.180 e. The van der Waals surface area contributed by atoms with Crippen molar-refractivity contribution in [2.75, 3.05) is 20.7 Å². The van der Waals surface area contributed by atoms with Crippen molar-refractivity contribution < 1.29 is 13.5 Å². The van der Waals surface area contributed by atoms with E-state index in [-0.39, 0.29) is 12.6 Å². The van der Waals surface area contributed by atoms with Crippen LogP contribution in [0.25, 0.3) is 0 Å². The first-order valence-corrected chi connectivity index (χ1v) is 7.96. The molecule has 1 atom stereocenters. The van der Waals surface area contributed by atoms with E-state index in [2.05, 4.69) is 0 Å². The Bertz CT molecular complexity index is 509. The van der Waals surface area contributed by atoms with Crippen LogP contribution in [-0.4, -0.2) is 44.4 Å². The molecular weight excluding hydrogens is 262 g/mol. The molecule has 108 valence electrons. The highest BCUT2D eigenvalue weighted by atomic mass is 32.2. The fourth-order valence-corrected chi connectivity index (χ4v) is 3.13. The Balaban J connectivity index is 3.19. The van der Waals surface area contributed by atoms with Gasteiger partial charge in [0.25, 0.3) is 0 Å². The molecule has 1 unspecified atom stereocenters. The van der Waals surface area contributed by atoms with Crippen molar-refractivity contribution in [2.45, 2.75) is 36.5 Å². The van der Waals surface area contributed by atoms with Crippen LogP contribution in [0, 0.1) is 0 Å². The standard InChI is InChI=1S/C14H23NO3S/c1-11(2)19(17,18)13-7-5-6-12(10-13)14(8-9-16)15(3)4/h5-7,10-11,14,16H,8-9H2,1-4H3. The van der Waals surface area contributed by atoms with E-state index in [0.29, 0.717) is 11.3 Å². The van der Waals surface area contributed by atoms with Gasteiger partial charge in [0.15, 0.2) is 9.84 Å². The van der Waals surface area contributed by atoms with Crippen LogP contribution >= 0.6 is 0 Å². The van der Waals surface area contributed by atoms with Gasteiger partial charge in [0.05, 0.1) is 10.1 Å². The summed E-state index contributed by atoms with van der Waals surface area (Å²) in [6.45, 7) is 3.43. The lowest BCUT2D eigenvalue weighted by molar-refractivity contribution is 0.210. The Hall–Kier alpha value is -0.910. The second-order valence-electron chi connectivity index (χ2n) is 5.16. The zero-order valence-corrected chi connectivity index (χ0v) is 12.8. The van der Waals surface area contributed by atoms with Gasteiger partial charge in [-0.15, -0.1) is 0 Å². The third-order valence-electron chi connectivity index (χ3n) is 3.22. The molecule has 0 fully saturated rings. The molecule has 0 saturated carbocycles. The van der Waals surface area contributed by atoms with Gasteiger partial charge in [0.1, 0.15) is 0 Å². The molecule has 19 heavy (non-hydrogen) atoms. The van der Waals surface area contributed by atoms with E-state index in [0.717, 1.165) is 5.56 Å². The van der Waals surface area contributed by atoms with Crippen molar-refractivity contribution in [1.29, 1.82) is 0 Å². The molecule has 0 aliphatic heterocycles. The second-order valence-corrected chi connectivity index (χ2v) is 7.66.